The van der Waals surface area contributed by atoms with Crippen molar-refractivity contribution in [1.82, 2.24) is 9.55 Å². The molecule has 0 spiro atoms. The lowest BCUT2D eigenvalue weighted by atomic mass is 10.2. The third-order valence-corrected chi connectivity index (χ3v) is 3.79. The zero-order valence-electron chi connectivity index (χ0n) is 10.9. The van der Waals surface area contributed by atoms with Gasteiger partial charge in [-0.2, -0.15) is 13.2 Å². The van der Waals surface area contributed by atoms with E-state index in [9.17, 15) is 13.2 Å². The lowest BCUT2D eigenvalue weighted by molar-refractivity contribution is -0.137. The van der Waals surface area contributed by atoms with E-state index in [1.54, 1.807) is 6.92 Å². The lowest BCUT2D eigenvalue weighted by Gasteiger charge is -2.10. The highest BCUT2D eigenvalue weighted by Crippen LogP contribution is 2.36. The molecule has 1 atom stereocenters. The molecule has 108 valence electrons. The molecule has 0 aliphatic heterocycles. The van der Waals surface area contributed by atoms with E-state index in [1.165, 1.54) is 6.07 Å². The predicted octanol–water partition coefficient (Wildman–Crippen LogP) is 4.76. The zero-order chi connectivity index (χ0) is 14.5. The van der Waals surface area contributed by atoms with Crippen LogP contribution in [0.15, 0.2) is 18.2 Å². The van der Waals surface area contributed by atoms with Crippen molar-refractivity contribution >= 4 is 22.6 Å². The van der Waals surface area contributed by atoms with Crippen molar-refractivity contribution in [1.29, 1.82) is 0 Å². The molecule has 2 aromatic rings. The summed E-state index contributed by atoms with van der Waals surface area (Å²) in [4.78, 5) is 4.30. The van der Waals surface area contributed by atoms with Crippen LogP contribution in [0.3, 0.4) is 0 Å². The van der Waals surface area contributed by atoms with Gasteiger partial charge in [0.15, 0.2) is 0 Å². The van der Waals surface area contributed by atoms with Crippen molar-refractivity contribution in [2.75, 3.05) is 0 Å². The molecule has 0 radical (unpaired) electrons. The van der Waals surface area contributed by atoms with Gasteiger partial charge in [-0.3, -0.25) is 0 Å². The number of hydrogen-bond donors (Lipinski definition) is 0. The molecule has 3 rings (SSSR count). The van der Waals surface area contributed by atoms with Gasteiger partial charge in [-0.15, -0.1) is 11.6 Å². The second-order valence-corrected chi connectivity index (χ2v) is 6.00. The van der Waals surface area contributed by atoms with Crippen molar-refractivity contribution in [2.24, 2.45) is 5.92 Å². The van der Waals surface area contributed by atoms with Crippen LogP contribution in [-0.4, -0.2) is 9.55 Å². The monoisotopic (exact) mass is 302 g/mol. The Morgan fingerprint density at radius 2 is 2.10 bits per heavy atom. The highest BCUT2D eigenvalue weighted by molar-refractivity contribution is 6.20. The molecule has 1 saturated carbocycles. The molecule has 1 aromatic carbocycles. The van der Waals surface area contributed by atoms with Crippen molar-refractivity contribution in [3.05, 3.63) is 29.6 Å². The fourth-order valence-electron chi connectivity index (χ4n) is 2.38. The van der Waals surface area contributed by atoms with Gasteiger partial charge in [0.25, 0.3) is 0 Å². The average molecular weight is 303 g/mol. The molecule has 1 aromatic heterocycles. The summed E-state index contributed by atoms with van der Waals surface area (Å²) in [6.07, 6.45) is -2.02. The summed E-state index contributed by atoms with van der Waals surface area (Å²) in [5, 5.41) is -0.324. The number of fused-ring (bicyclic) bond motifs is 1. The molecule has 20 heavy (non-hydrogen) atoms. The molecular formula is C14H14ClF3N2. The number of benzene rings is 1. The molecule has 1 unspecified atom stereocenters. The lowest BCUT2D eigenvalue weighted by Crippen LogP contribution is -2.06. The van der Waals surface area contributed by atoms with E-state index in [1.807, 2.05) is 4.57 Å². The number of halogens is 4. The molecule has 0 saturated heterocycles. The average Bonchev–Trinajstić information content (AvgIpc) is 3.08. The molecule has 1 fully saturated rings. The third kappa shape index (κ3) is 2.51. The summed E-state index contributed by atoms with van der Waals surface area (Å²) in [6.45, 7) is 2.57. The van der Waals surface area contributed by atoms with Crippen LogP contribution in [0.25, 0.3) is 11.0 Å². The summed E-state index contributed by atoms with van der Waals surface area (Å²) >= 11 is 6.11. The van der Waals surface area contributed by atoms with E-state index in [-0.39, 0.29) is 5.38 Å². The topological polar surface area (TPSA) is 17.8 Å². The minimum Gasteiger partial charge on any atom is -0.326 e. The second kappa shape index (κ2) is 4.65. The van der Waals surface area contributed by atoms with E-state index in [4.69, 9.17) is 11.6 Å². The van der Waals surface area contributed by atoms with Crippen LogP contribution in [0.2, 0.25) is 0 Å². The maximum atomic E-state index is 12.7. The Kier molecular flexibility index (Phi) is 3.20. The van der Waals surface area contributed by atoms with Gasteiger partial charge in [-0.05, 0) is 43.9 Å². The quantitative estimate of drug-likeness (QED) is 0.747. The summed E-state index contributed by atoms with van der Waals surface area (Å²) in [6, 6.07) is 3.70. The van der Waals surface area contributed by atoms with Crippen LogP contribution in [0, 0.1) is 5.92 Å². The van der Waals surface area contributed by atoms with Crippen molar-refractivity contribution in [3.8, 4) is 0 Å². The highest BCUT2D eigenvalue weighted by atomic mass is 35.5. The number of hydrogen-bond acceptors (Lipinski definition) is 1. The first-order valence-electron chi connectivity index (χ1n) is 6.57. The molecule has 1 aliphatic rings. The Morgan fingerprint density at radius 1 is 1.40 bits per heavy atom. The Bertz CT molecular complexity index is 642. The second-order valence-electron chi connectivity index (χ2n) is 5.34. The molecule has 0 bridgehead atoms. The summed E-state index contributed by atoms with van der Waals surface area (Å²) in [5.41, 5.74) is 0.422. The summed E-state index contributed by atoms with van der Waals surface area (Å²) in [7, 11) is 0. The first-order chi connectivity index (χ1) is 9.36. The van der Waals surface area contributed by atoms with E-state index in [0.717, 1.165) is 37.0 Å². The van der Waals surface area contributed by atoms with E-state index in [2.05, 4.69) is 4.98 Å². The maximum absolute atomic E-state index is 12.7. The number of aromatic nitrogens is 2. The Labute approximate surface area is 119 Å². The molecule has 2 nitrogen and oxygen atoms in total. The normalized spacial score (nSPS) is 17.6. The van der Waals surface area contributed by atoms with Crippen molar-refractivity contribution in [3.63, 3.8) is 0 Å². The molecule has 0 amide bonds. The minimum absolute atomic E-state index is 0.324. The van der Waals surface area contributed by atoms with E-state index in [0.29, 0.717) is 17.3 Å². The van der Waals surface area contributed by atoms with Gasteiger partial charge >= 0.3 is 6.18 Å². The zero-order valence-corrected chi connectivity index (χ0v) is 11.7. The van der Waals surface area contributed by atoms with Gasteiger partial charge in [0.05, 0.1) is 22.0 Å². The van der Waals surface area contributed by atoms with Crippen LogP contribution >= 0.6 is 11.6 Å². The number of nitrogens with zero attached hydrogens (tertiary/aromatic N) is 2. The van der Waals surface area contributed by atoms with E-state index < -0.39 is 11.7 Å². The summed E-state index contributed by atoms with van der Waals surface area (Å²) in [5.74, 6) is 1.25. The van der Waals surface area contributed by atoms with Crippen LogP contribution in [0.5, 0.6) is 0 Å². The Hall–Kier alpha value is -1.23. The van der Waals surface area contributed by atoms with Gasteiger partial charge in [0, 0.05) is 6.54 Å². The maximum Gasteiger partial charge on any atom is 0.416 e. The predicted molar refractivity (Wildman–Crippen MR) is 71.7 cm³/mol. The molecule has 1 heterocycles. The van der Waals surface area contributed by atoms with Crippen molar-refractivity contribution in [2.45, 2.75) is 37.9 Å². The molecular weight excluding hydrogens is 289 g/mol. The molecule has 6 heteroatoms. The largest absolute Gasteiger partial charge is 0.416 e. The van der Waals surface area contributed by atoms with Gasteiger partial charge in [-0.25, -0.2) is 4.98 Å². The fourth-order valence-corrected chi connectivity index (χ4v) is 2.55. The molecule has 1 aliphatic carbocycles. The van der Waals surface area contributed by atoms with Crippen LogP contribution in [-0.2, 0) is 12.7 Å². The van der Waals surface area contributed by atoms with Crippen LogP contribution in [0.4, 0.5) is 13.2 Å². The third-order valence-electron chi connectivity index (χ3n) is 3.60. The first-order valence-corrected chi connectivity index (χ1v) is 7.01. The van der Waals surface area contributed by atoms with Crippen LogP contribution < -0.4 is 0 Å². The highest BCUT2D eigenvalue weighted by Gasteiger charge is 2.32. The van der Waals surface area contributed by atoms with Gasteiger partial charge < -0.3 is 4.57 Å². The SMILES string of the molecule is CC(Cl)c1nc2cc(C(F)(F)F)ccc2n1CC1CC1. The van der Waals surface area contributed by atoms with Crippen molar-refractivity contribution < 1.29 is 13.2 Å². The number of alkyl halides is 4. The number of rotatable bonds is 3. The van der Waals surface area contributed by atoms with Gasteiger partial charge in [0.1, 0.15) is 5.82 Å². The first kappa shape index (κ1) is 13.7. The molecule has 0 N–H and O–H groups in total. The Morgan fingerprint density at radius 3 is 2.65 bits per heavy atom. The standard InChI is InChI=1S/C14H14ClF3N2/c1-8(15)13-19-11-6-10(14(16,17)18)4-5-12(11)20(13)7-9-2-3-9/h4-6,8-9H,2-3,7H2,1H3. The fraction of sp³-hybridized carbons (Fsp3) is 0.500. The number of imidazole rings is 1. The smallest absolute Gasteiger partial charge is 0.326 e. The van der Waals surface area contributed by atoms with Gasteiger partial charge in [-0.1, -0.05) is 0 Å². The van der Waals surface area contributed by atoms with Crippen LogP contribution in [0.1, 0.15) is 36.5 Å². The van der Waals surface area contributed by atoms with E-state index >= 15 is 0 Å². The summed E-state index contributed by atoms with van der Waals surface area (Å²) < 4.78 is 40.2. The Balaban J connectivity index is 2.12. The minimum atomic E-state index is -4.35. The van der Waals surface area contributed by atoms with Gasteiger partial charge in [0.2, 0.25) is 0 Å².